The lowest BCUT2D eigenvalue weighted by Gasteiger charge is -2.09. The van der Waals surface area contributed by atoms with Crippen molar-refractivity contribution < 1.29 is 15.0 Å². The first-order valence-electron chi connectivity index (χ1n) is 4.67. The zero-order valence-electron chi connectivity index (χ0n) is 8.93. The summed E-state index contributed by atoms with van der Waals surface area (Å²) in [6.45, 7) is 0.237. The average Bonchev–Trinajstić information content (AvgIpc) is 2.27. The highest BCUT2D eigenvalue weighted by Crippen LogP contribution is 2.08. The van der Waals surface area contributed by atoms with E-state index in [0.717, 1.165) is 0 Å². The van der Waals surface area contributed by atoms with Crippen molar-refractivity contribution in [3.05, 3.63) is 29.8 Å². The van der Waals surface area contributed by atoms with E-state index in [9.17, 15) is 4.79 Å². The van der Waals surface area contributed by atoms with Gasteiger partial charge in [0.05, 0.1) is 12.2 Å². The molecule has 0 bridgehead atoms. The number of nitrogens with one attached hydrogen (secondary N) is 3. The van der Waals surface area contributed by atoms with Gasteiger partial charge in [-0.3, -0.25) is 5.41 Å². The second-order valence-corrected chi connectivity index (χ2v) is 3.03. The van der Waals surface area contributed by atoms with Crippen molar-refractivity contribution in [2.75, 3.05) is 18.5 Å². The number of carboxylic acids is 1. The lowest BCUT2D eigenvalue weighted by molar-refractivity contribution is 0.0697. The summed E-state index contributed by atoms with van der Waals surface area (Å²) in [6, 6.07) is 6.03. The highest BCUT2D eigenvalue weighted by molar-refractivity contribution is 5.92. The third-order valence-corrected chi connectivity index (χ3v) is 1.81. The molecule has 0 aromatic heterocycles. The number of aliphatic hydroxyl groups is 1. The van der Waals surface area contributed by atoms with E-state index in [0.29, 0.717) is 12.2 Å². The topological polar surface area (TPSA) is 105 Å². The highest BCUT2D eigenvalue weighted by atomic mass is 35.5. The molecule has 0 fully saturated rings. The van der Waals surface area contributed by atoms with Crippen LogP contribution in [-0.2, 0) is 0 Å². The number of guanidine groups is 1. The van der Waals surface area contributed by atoms with Crippen LogP contribution < -0.4 is 10.6 Å². The van der Waals surface area contributed by atoms with Gasteiger partial charge in [-0.2, -0.15) is 0 Å². The monoisotopic (exact) mass is 259 g/mol. The van der Waals surface area contributed by atoms with Gasteiger partial charge in [0.15, 0.2) is 5.96 Å². The quantitative estimate of drug-likeness (QED) is 0.405. The van der Waals surface area contributed by atoms with Crippen LogP contribution in [0.4, 0.5) is 5.69 Å². The van der Waals surface area contributed by atoms with Gasteiger partial charge in [-0.25, -0.2) is 4.79 Å². The van der Waals surface area contributed by atoms with Crippen molar-refractivity contribution in [3.8, 4) is 0 Å². The first-order valence-corrected chi connectivity index (χ1v) is 4.67. The molecule has 6 nitrogen and oxygen atoms in total. The van der Waals surface area contributed by atoms with Crippen molar-refractivity contribution in [1.29, 1.82) is 5.41 Å². The smallest absolute Gasteiger partial charge is 0.335 e. The summed E-state index contributed by atoms with van der Waals surface area (Å²) in [7, 11) is 0. The summed E-state index contributed by atoms with van der Waals surface area (Å²) in [5.74, 6) is -0.933. The molecule has 0 amide bonds. The Labute approximate surface area is 105 Å². The molecule has 5 N–H and O–H groups in total. The molecule has 1 aromatic rings. The number of hydrogen-bond acceptors (Lipinski definition) is 3. The standard InChI is InChI=1S/C10H13N3O3.ClH/c11-10(12-5-6-14)13-8-3-1-7(2-4-8)9(15)16;/h1-4,14H,5-6H2,(H,15,16)(H3,11,12,13);1H. The van der Waals surface area contributed by atoms with Crippen LogP contribution >= 0.6 is 12.4 Å². The molecule has 0 radical (unpaired) electrons. The van der Waals surface area contributed by atoms with Crippen molar-refractivity contribution >= 4 is 30.0 Å². The summed E-state index contributed by atoms with van der Waals surface area (Å²) in [5.41, 5.74) is 0.806. The molecule has 94 valence electrons. The highest BCUT2D eigenvalue weighted by Gasteiger charge is 2.02. The van der Waals surface area contributed by atoms with Crippen LogP contribution in [0, 0.1) is 5.41 Å². The predicted molar refractivity (Wildman–Crippen MR) is 67.1 cm³/mol. The van der Waals surface area contributed by atoms with Crippen LogP contribution in [0.3, 0.4) is 0 Å². The zero-order chi connectivity index (χ0) is 12.0. The molecule has 1 aromatic carbocycles. The Balaban J connectivity index is 0.00000256. The predicted octanol–water partition coefficient (Wildman–Crippen LogP) is 0.735. The lowest BCUT2D eigenvalue weighted by atomic mass is 10.2. The molecular weight excluding hydrogens is 246 g/mol. The number of halogens is 1. The first kappa shape index (κ1) is 15.2. The molecule has 1 rings (SSSR count). The van der Waals surface area contributed by atoms with Gasteiger partial charge in [0.1, 0.15) is 0 Å². The third kappa shape index (κ3) is 5.19. The largest absolute Gasteiger partial charge is 0.478 e. The first-order chi connectivity index (χ1) is 7.63. The molecule has 0 aliphatic rings. The maximum Gasteiger partial charge on any atom is 0.335 e. The Bertz CT molecular complexity index is 381. The van der Waals surface area contributed by atoms with Crippen LogP contribution in [0.5, 0.6) is 0 Å². The second kappa shape index (κ2) is 7.48. The Morgan fingerprint density at radius 2 is 1.88 bits per heavy atom. The number of rotatable bonds is 4. The molecule has 7 heteroatoms. The Kier molecular flexibility index (Phi) is 6.69. The van der Waals surface area contributed by atoms with E-state index >= 15 is 0 Å². The summed E-state index contributed by atoms with van der Waals surface area (Å²) in [5, 5.41) is 30.0. The maximum atomic E-state index is 10.6. The van der Waals surface area contributed by atoms with Crippen LogP contribution in [0.15, 0.2) is 24.3 Å². The van der Waals surface area contributed by atoms with Gasteiger partial charge in [0, 0.05) is 12.2 Å². The number of aromatic carboxylic acids is 1. The van der Waals surface area contributed by atoms with Gasteiger partial charge in [0.25, 0.3) is 0 Å². The van der Waals surface area contributed by atoms with Gasteiger partial charge in [-0.15, -0.1) is 12.4 Å². The number of carboxylic acid groups (broad SMARTS) is 1. The normalized spacial score (nSPS) is 9.00. The van der Waals surface area contributed by atoms with E-state index in [1.54, 1.807) is 12.1 Å². The van der Waals surface area contributed by atoms with Crippen LogP contribution in [0.25, 0.3) is 0 Å². The van der Waals surface area contributed by atoms with Gasteiger partial charge in [-0.1, -0.05) is 0 Å². The van der Waals surface area contributed by atoms with E-state index in [-0.39, 0.29) is 30.5 Å². The van der Waals surface area contributed by atoms with Gasteiger partial charge >= 0.3 is 5.97 Å². The van der Waals surface area contributed by atoms with Gasteiger partial charge < -0.3 is 20.8 Å². The van der Waals surface area contributed by atoms with E-state index in [1.807, 2.05) is 0 Å². The average molecular weight is 260 g/mol. The Hall–Kier alpha value is -1.79. The third-order valence-electron chi connectivity index (χ3n) is 1.81. The molecule has 0 atom stereocenters. The van der Waals surface area contributed by atoms with Gasteiger partial charge in [-0.05, 0) is 24.3 Å². The number of hydrogen-bond donors (Lipinski definition) is 5. The summed E-state index contributed by atoms with van der Waals surface area (Å²) < 4.78 is 0. The fourth-order valence-electron chi connectivity index (χ4n) is 1.07. The van der Waals surface area contributed by atoms with Crippen LogP contribution in [0.1, 0.15) is 10.4 Å². The molecule has 17 heavy (non-hydrogen) atoms. The molecule has 0 unspecified atom stereocenters. The lowest BCUT2D eigenvalue weighted by Crippen LogP contribution is -2.31. The van der Waals surface area contributed by atoms with Crippen LogP contribution in [-0.4, -0.2) is 35.3 Å². The minimum Gasteiger partial charge on any atom is -0.478 e. The van der Waals surface area contributed by atoms with E-state index < -0.39 is 5.97 Å². The zero-order valence-corrected chi connectivity index (χ0v) is 9.75. The summed E-state index contributed by atoms with van der Waals surface area (Å²) in [4.78, 5) is 10.6. The molecule has 0 saturated carbocycles. The van der Waals surface area contributed by atoms with Crippen molar-refractivity contribution in [2.24, 2.45) is 0 Å². The number of benzene rings is 1. The number of aliphatic hydroxyl groups excluding tert-OH is 1. The fraction of sp³-hybridized carbons (Fsp3) is 0.200. The number of carbonyl (C=O) groups is 1. The molecule has 0 saturated heterocycles. The van der Waals surface area contributed by atoms with Crippen molar-refractivity contribution in [3.63, 3.8) is 0 Å². The SMILES string of the molecule is Cl.N=C(NCCO)Nc1ccc(C(=O)O)cc1. The van der Waals surface area contributed by atoms with E-state index in [2.05, 4.69) is 10.6 Å². The van der Waals surface area contributed by atoms with Gasteiger partial charge in [0.2, 0.25) is 0 Å². The van der Waals surface area contributed by atoms with E-state index in [1.165, 1.54) is 12.1 Å². The molecular formula is C10H14ClN3O3. The fourth-order valence-corrected chi connectivity index (χ4v) is 1.07. The van der Waals surface area contributed by atoms with Crippen molar-refractivity contribution in [1.82, 2.24) is 5.32 Å². The molecule has 0 heterocycles. The van der Waals surface area contributed by atoms with Crippen molar-refractivity contribution in [2.45, 2.75) is 0 Å². The molecule has 0 aliphatic carbocycles. The maximum absolute atomic E-state index is 10.6. The Morgan fingerprint density at radius 1 is 1.29 bits per heavy atom. The summed E-state index contributed by atoms with van der Waals surface area (Å²) in [6.07, 6.45) is 0. The summed E-state index contributed by atoms with van der Waals surface area (Å²) >= 11 is 0. The minimum atomic E-state index is -0.986. The van der Waals surface area contributed by atoms with E-state index in [4.69, 9.17) is 15.6 Å². The van der Waals surface area contributed by atoms with Crippen LogP contribution in [0.2, 0.25) is 0 Å². The minimum absolute atomic E-state index is 0. The second-order valence-electron chi connectivity index (χ2n) is 3.03. The number of anilines is 1. The molecule has 0 spiro atoms. The molecule has 0 aliphatic heterocycles. The Morgan fingerprint density at radius 3 is 2.35 bits per heavy atom.